The van der Waals surface area contributed by atoms with E-state index in [9.17, 15) is 9.59 Å². The summed E-state index contributed by atoms with van der Waals surface area (Å²) in [5.41, 5.74) is 0.370. The first-order valence-electron chi connectivity index (χ1n) is 3.99. The van der Waals surface area contributed by atoms with Crippen LogP contribution >= 0.6 is 0 Å². The molecule has 1 aliphatic heterocycles. The molecule has 7 heteroatoms. The molecule has 3 rings (SSSR count). The van der Waals surface area contributed by atoms with Crippen molar-refractivity contribution >= 4 is 23.0 Å². The number of carbonyl (C=O) groups is 1. The van der Waals surface area contributed by atoms with Gasteiger partial charge in [0, 0.05) is 0 Å². The number of imidazole rings is 1. The number of aromatic nitrogens is 4. The second-order valence-electron chi connectivity index (χ2n) is 2.98. The lowest BCUT2D eigenvalue weighted by Gasteiger charge is -1.97. The van der Waals surface area contributed by atoms with Gasteiger partial charge in [-0.2, -0.15) is 4.98 Å². The molecule has 1 amide bonds. The third-order valence-electron chi connectivity index (χ3n) is 2.10. The number of aromatic amines is 1. The minimum absolute atomic E-state index is 0.0239. The highest BCUT2D eigenvalue weighted by Gasteiger charge is 2.22. The van der Waals surface area contributed by atoms with Crippen LogP contribution in [0.2, 0.25) is 0 Å². The molecule has 2 aromatic rings. The van der Waals surface area contributed by atoms with E-state index in [1.165, 1.54) is 10.9 Å². The van der Waals surface area contributed by atoms with Gasteiger partial charge in [0.05, 0.1) is 6.33 Å². The van der Waals surface area contributed by atoms with Gasteiger partial charge in [0.15, 0.2) is 11.2 Å². The fraction of sp³-hybridized carbons (Fsp3) is 0.143. The largest absolute Gasteiger partial charge is 0.339 e. The Bertz CT molecular complexity index is 596. The van der Waals surface area contributed by atoms with Gasteiger partial charge in [-0.05, 0) is 0 Å². The highest BCUT2D eigenvalue weighted by molar-refractivity contribution is 5.93. The SMILES string of the molecule is O=C1Cn2c(nc3nc[nH]c3c2=O)N1. The molecule has 2 aromatic heterocycles. The fourth-order valence-electron chi connectivity index (χ4n) is 1.47. The number of hydrogen-bond donors (Lipinski definition) is 2. The third kappa shape index (κ3) is 0.754. The van der Waals surface area contributed by atoms with Crippen LogP contribution in [0.4, 0.5) is 5.95 Å². The molecular formula is C7H5N5O2. The Balaban J connectivity index is 2.46. The zero-order valence-electron chi connectivity index (χ0n) is 6.94. The molecule has 2 N–H and O–H groups in total. The van der Waals surface area contributed by atoms with E-state index >= 15 is 0 Å². The summed E-state index contributed by atoms with van der Waals surface area (Å²) in [6.45, 7) is 0.0239. The van der Waals surface area contributed by atoms with E-state index in [4.69, 9.17) is 0 Å². The molecule has 0 fully saturated rings. The Labute approximate surface area is 76.8 Å². The first-order chi connectivity index (χ1) is 6.75. The predicted molar refractivity (Wildman–Crippen MR) is 46.8 cm³/mol. The van der Waals surface area contributed by atoms with E-state index < -0.39 is 0 Å². The number of nitrogens with one attached hydrogen (secondary N) is 2. The van der Waals surface area contributed by atoms with Crippen LogP contribution in [-0.4, -0.2) is 25.4 Å². The van der Waals surface area contributed by atoms with Crippen LogP contribution in [0.3, 0.4) is 0 Å². The molecule has 1 aliphatic rings. The fourth-order valence-corrected chi connectivity index (χ4v) is 1.47. The van der Waals surface area contributed by atoms with Gasteiger partial charge in [0.25, 0.3) is 5.56 Å². The number of hydrogen-bond acceptors (Lipinski definition) is 4. The summed E-state index contributed by atoms with van der Waals surface area (Å²) in [4.78, 5) is 33.3. The van der Waals surface area contributed by atoms with E-state index in [-0.39, 0.29) is 24.0 Å². The van der Waals surface area contributed by atoms with Crippen molar-refractivity contribution in [2.75, 3.05) is 5.32 Å². The number of carbonyl (C=O) groups excluding carboxylic acids is 1. The van der Waals surface area contributed by atoms with Gasteiger partial charge in [-0.3, -0.25) is 19.5 Å². The second-order valence-corrected chi connectivity index (χ2v) is 2.98. The van der Waals surface area contributed by atoms with Crippen molar-refractivity contribution in [2.24, 2.45) is 0 Å². The summed E-state index contributed by atoms with van der Waals surface area (Å²) in [6.07, 6.45) is 1.40. The standard InChI is InChI=1S/C7H5N5O2/c13-3-1-12-6(14)4-5(9-2-8-4)11-7(12)10-3/h2H,1H2,(H,8,9)(H,10,11,13). The molecule has 0 saturated carbocycles. The van der Waals surface area contributed by atoms with E-state index in [1.807, 2.05) is 0 Å². The molecule has 0 saturated heterocycles. The van der Waals surface area contributed by atoms with Gasteiger partial charge in [0.2, 0.25) is 11.9 Å². The van der Waals surface area contributed by atoms with Crippen molar-refractivity contribution in [3.05, 3.63) is 16.7 Å². The van der Waals surface area contributed by atoms with Crippen molar-refractivity contribution in [3.8, 4) is 0 Å². The lowest BCUT2D eigenvalue weighted by Crippen LogP contribution is -2.19. The van der Waals surface area contributed by atoms with Crippen molar-refractivity contribution in [1.82, 2.24) is 19.5 Å². The number of fused-ring (bicyclic) bond motifs is 2. The van der Waals surface area contributed by atoms with Gasteiger partial charge in [-0.15, -0.1) is 0 Å². The van der Waals surface area contributed by atoms with Crippen molar-refractivity contribution in [1.29, 1.82) is 0 Å². The van der Waals surface area contributed by atoms with Crippen LogP contribution in [0, 0.1) is 0 Å². The van der Waals surface area contributed by atoms with Crippen LogP contribution in [0.25, 0.3) is 11.2 Å². The summed E-state index contributed by atoms with van der Waals surface area (Å²) < 4.78 is 1.28. The Hall–Kier alpha value is -2.18. The smallest absolute Gasteiger partial charge is 0.281 e. The van der Waals surface area contributed by atoms with Crippen LogP contribution in [0.1, 0.15) is 0 Å². The van der Waals surface area contributed by atoms with E-state index in [1.54, 1.807) is 0 Å². The molecule has 0 aliphatic carbocycles. The molecule has 0 radical (unpaired) electrons. The minimum atomic E-state index is -0.277. The molecule has 0 unspecified atom stereocenters. The zero-order chi connectivity index (χ0) is 9.71. The maximum Gasteiger partial charge on any atom is 0.281 e. The summed E-state index contributed by atoms with van der Waals surface area (Å²) in [5.74, 6) is 0.0295. The van der Waals surface area contributed by atoms with E-state index in [0.717, 1.165) is 0 Å². The number of nitrogens with zero attached hydrogens (tertiary/aromatic N) is 3. The summed E-state index contributed by atoms with van der Waals surface area (Å²) >= 11 is 0. The molecule has 7 nitrogen and oxygen atoms in total. The lowest BCUT2D eigenvalue weighted by atomic mass is 10.5. The number of H-pyrrole nitrogens is 1. The second kappa shape index (κ2) is 2.19. The number of amides is 1. The quantitative estimate of drug-likeness (QED) is 0.562. The average molecular weight is 191 g/mol. The first kappa shape index (κ1) is 7.25. The molecule has 14 heavy (non-hydrogen) atoms. The van der Waals surface area contributed by atoms with Gasteiger partial charge in [-0.1, -0.05) is 0 Å². The van der Waals surface area contributed by atoms with Crippen molar-refractivity contribution in [2.45, 2.75) is 6.54 Å². The van der Waals surface area contributed by atoms with Crippen LogP contribution in [0.15, 0.2) is 11.1 Å². The molecule has 70 valence electrons. The summed E-state index contributed by atoms with van der Waals surface area (Å²) in [5, 5.41) is 2.48. The van der Waals surface area contributed by atoms with E-state index in [2.05, 4.69) is 20.3 Å². The van der Waals surface area contributed by atoms with Gasteiger partial charge in [-0.25, -0.2) is 4.98 Å². The molecule has 0 aromatic carbocycles. The maximum absolute atomic E-state index is 11.7. The van der Waals surface area contributed by atoms with Crippen molar-refractivity contribution in [3.63, 3.8) is 0 Å². The first-order valence-corrected chi connectivity index (χ1v) is 3.99. The van der Waals surface area contributed by atoms with Gasteiger partial charge < -0.3 is 4.98 Å². The van der Waals surface area contributed by atoms with Crippen LogP contribution in [0.5, 0.6) is 0 Å². The minimum Gasteiger partial charge on any atom is -0.339 e. The Morgan fingerprint density at radius 1 is 1.43 bits per heavy atom. The van der Waals surface area contributed by atoms with Gasteiger partial charge in [0.1, 0.15) is 6.54 Å². The topological polar surface area (TPSA) is 92.7 Å². The predicted octanol–water partition coefficient (Wildman–Crippen LogP) is -0.928. The zero-order valence-corrected chi connectivity index (χ0v) is 6.94. The highest BCUT2D eigenvalue weighted by Crippen LogP contribution is 2.11. The molecule has 0 atom stereocenters. The average Bonchev–Trinajstić information content (AvgIpc) is 2.71. The lowest BCUT2D eigenvalue weighted by molar-refractivity contribution is -0.115. The van der Waals surface area contributed by atoms with Crippen LogP contribution in [-0.2, 0) is 11.3 Å². The third-order valence-corrected chi connectivity index (χ3v) is 2.10. The maximum atomic E-state index is 11.7. The highest BCUT2D eigenvalue weighted by atomic mass is 16.2. The Kier molecular flexibility index (Phi) is 1.13. The Morgan fingerprint density at radius 2 is 2.29 bits per heavy atom. The van der Waals surface area contributed by atoms with Crippen LogP contribution < -0.4 is 10.9 Å². The monoisotopic (exact) mass is 191 g/mol. The number of anilines is 1. The molecule has 0 bridgehead atoms. The van der Waals surface area contributed by atoms with Crippen molar-refractivity contribution < 1.29 is 4.79 Å². The normalized spacial score (nSPS) is 14.4. The molecule has 0 spiro atoms. The Morgan fingerprint density at radius 3 is 3.14 bits per heavy atom. The summed E-state index contributed by atoms with van der Waals surface area (Å²) in [6, 6.07) is 0. The molecule has 3 heterocycles. The van der Waals surface area contributed by atoms with Gasteiger partial charge >= 0.3 is 0 Å². The summed E-state index contributed by atoms with van der Waals surface area (Å²) in [7, 11) is 0. The van der Waals surface area contributed by atoms with E-state index in [0.29, 0.717) is 11.2 Å². The molecular weight excluding hydrogens is 186 g/mol. The number of rotatable bonds is 0.